The lowest BCUT2D eigenvalue weighted by Gasteiger charge is -2.06. The van der Waals surface area contributed by atoms with E-state index in [-0.39, 0.29) is 0 Å². The van der Waals surface area contributed by atoms with Crippen LogP contribution in [0.25, 0.3) is 0 Å². The Morgan fingerprint density at radius 1 is 1.41 bits per heavy atom. The van der Waals surface area contributed by atoms with Crippen molar-refractivity contribution in [3.05, 3.63) is 40.3 Å². The number of aryl methyl sites for hydroxylation is 1. The molecule has 17 heavy (non-hydrogen) atoms. The zero-order chi connectivity index (χ0) is 12.3. The Hall–Kier alpha value is -1.26. The molecule has 0 saturated carbocycles. The second kappa shape index (κ2) is 5.38. The van der Waals surface area contributed by atoms with Gasteiger partial charge in [0, 0.05) is 32.4 Å². The first-order valence-corrected chi connectivity index (χ1v) is 5.94. The summed E-state index contributed by atoms with van der Waals surface area (Å²) in [5, 5.41) is 8.49. The number of aromatic nitrogens is 3. The van der Waals surface area contributed by atoms with E-state index in [1.54, 1.807) is 16.9 Å². The third kappa shape index (κ3) is 3.35. The summed E-state index contributed by atoms with van der Waals surface area (Å²) in [7, 11) is 1.90. The van der Waals surface area contributed by atoms with E-state index in [4.69, 9.17) is 23.2 Å². The molecule has 0 atom stereocenters. The average molecular weight is 271 g/mol. The van der Waals surface area contributed by atoms with Crippen LogP contribution < -0.4 is 5.32 Å². The predicted molar refractivity (Wildman–Crippen MR) is 69.7 cm³/mol. The van der Waals surface area contributed by atoms with Gasteiger partial charge in [0.05, 0.1) is 15.7 Å². The number of nitrogens with one attached hydrogen (secondary N) is 1. The second-order valence-electron chi connectivity index (χ2n) is 3.64. The molecule has 0 aliphatic carbocycles. The van der Waals surface area contributed by atoms with Gasteiger partial charge in [0.2, 0.25) is 0 Å². The molecule has 0 spiro atoms. The minimum atomic E-state index is 0.526. The van der Waals surface area contributed by atoms with Crippen molar-refractivity contribution in [3.8, 4) is 0 Å². The van der Waals surface area contributed by atoms with E-state index in [1.807, 2.05) is 19.3 Å². The van der Waals surface area contributed by atoms with Crippen molar-refractivity contribution in [2.45, 2.75) is 6.42 Å². The van der Waals surface area contributed by atoms with Crippen LogP contribution in [0.1, 0.15) is 5.69 Å². The van der Waals surface area contributed by atoms with Crippen molar-refractivity contribution in [3.63, 3.8) is 0 Å². The zero-order valence-corrected chi connectivity index (χ0v) is 10.8. The average Bonchev–Trinajstić information content (AvgIpc) is 2.68. The van der Waals surface area contributed by atoms with Crippen LogP contribution in [-0.2, 0) is 13.5 Å². The Morgan fingerprint density at radius 2 is 2.24 bits per heavy atom. The van der Waals surface area contributed by atoms with Gasteiger partial charge in [0.15, 0.2) is 0 Å². The lowest BCUT2D eigenvalue weighted by Crippen LogP contribution is -2.07. The molecule has 90 valence electrons. The smallest absolute Gasteiger partial charge is 0.144 e. The van der Waals surface area contributed by atoms with Gasteiger partial charge in [-0.15, -0.1) is 0 Å². The summed E-state index contributed by atoms with van der Waals surface area (Å²) in [5.74, 6) is 0.645. The summed E-state index contributed by atoms with van der Waals surface area (Å²) in [5.41, 5.74) is 1.03. The summed E-state index contributed by atoms with van der Waals surface area (Å²) in [6.07, 6.45) is 4.31. The summed E-state index contributed by atoms with van der Waals surface area (Å²) in [6.45, 7) is 0.728. The second-order valence-corrected chi connectivity index (χ2v) is 4.49. The molecule has 0 aliphatic rings. The Morgan fingerprint density at radius 3 is 2.88 bits per heavy atom. The largest absolute Gasteiger partial charge is 0.368 e. The highest BCUT2D eigenvalue weighted by molar-refractivity contribution is 6.35. The van der Waals surface area contributed by atoms with Crippen molar-refractivity contribution >= 4 is 29.0 Å². The number of halogens is 2. The van der Waals surface area contributed by atoms with Gasteiger partial charge in [-0.1, -0.05) is 23.2 Å². The maximum Gasteiger partial charge on any atom is 0.144 e. The first-order valence-electron chi connectivity index (χ1n) is 5.18. The number of rotatable bonds is 4. The van der Waals surface area contributed by atoms with E-state index in [2.05, 4.69) is 15.4 Å². The molecule has 0 radical (unpaired) electrons. The predicted octanol–water partition coefficient (Wildman–Crippen LogP) is 2.78. The van der Waals surface area contributed by atoms with Gasteiger partial charge < -0.3 is 5.32 Å². The van der Waals surface area contributed by atoms with Gasteiger partial charge in [-0.25, -0.2) is 4.98 Å². The maximum atomic E-state index is 5.99. The van der Waals surface area contributed by atoms with Gasteiger partial charge in [-0.2, -0.15) is 5.10 Å². The fourth-order valence-electron chi connectivity index (χ4n) is 1.45. The quantitative estimate of drug-likeness (QED) is 0.929. The van der Waals surface area contributed by atoms with E-state index in [0.29, 0.717) is 15.9 Å². The highest BCUT2D eigenvalue weighted by Crippen LogP contribution is 2.22. The molecule has 0 aliphatic heterocycles. The third-order valence-electron chi connectivity index (χ3n) is 2.25. The molecule has 0 saturated heterocycles. The van der Waals surface area contributed by atoms with E-state index >= 15 is 0 Å². The van der Waals surface area contributed by atoms with Crippen molar-refractivity contribution in [2.75, 3.05) is 11.9 Å². The van der Waals surface area contributed by atoms with Crippen LogP contribution in [0.15, 0.2) is 24.5 Å². The van der Waals surface area contributed by atoms with E-state index in [9.17, 15) is 0 Å². The summed E-state index contributed by atoms with van der Waals surface area (Å²) >= 11 is 11.7. The SMILES string of the molecule is Cn1ccc(CCNc2ncc(Cl)cc2Cl)n1. The number of hydrogen-bond donors (Lipinski definition) is 1. The van der Waals surface area contributed by atoms with Gasteiger partial charge in [-0.05, 0) is 12.1 Å². The first kappa shape index (κ1) is 12.2. The van der Waals surface area contributed by atoms with E-state index < -0.39 is 0 Å². The molecule has 1 N–H and O–H groups in total. The topological polar surface area (TPSA) is 42.7 Å². The molecule has 0 amide bonds. The fraction of sp³-hybridized carbons (Fsp3) is 0.273. The molecule has 0 unspecified atom stereocenters. The molecule has 0 fully saturated rings. The number of hydrogen-bond acceptors (Lipinski definition) is 3. The molecule has 0 bridgehead atoms. The lowest BCUT2D eigenvalue weighted by atomic mass is 10.3. The van der Waals surface area contributed by atoms with Crippen molar-refractivity contribution < 1.29 is 0 Å². The lowest BCUT2D eigenvalue weighted by molar-refractivity contribution is 0.742. The minimum Gasteiger partial charge on any atom is -0.368 e. The number of anilines is 1. The highest BCUT2D eigenvalue weighted by atomic mass is 35.5. The standard InChI is InChI=1S/C11H12Cl2N4/c1-17-5-3-9(16-17)2-4-14-11-10(13)6-8(12)7-15-11/h3,5-7H,2,4H2,1H3,(H,14,15). The van der Waals surface area contributed by atoms with Crippen LogP contribution in [0.4, 0.5) is 5.82 Å². The molecule has 2 rings (SSSR count). The summed E-state index contributed by atoms with van der Waals surface area (Å²) < 4.78 is 1.78. The van der Waals surface area contributed by atoms with Gasteiger partial charge in [-0.3, -0.25) is 4.68 Å². The summed E-state index contributed by atoms with van der Waals surface area (Å²) in [4.78, 5) is 4.11. The maximum absolute atomic E-state index is 5.99. The van der Waals surface area contributed by atoms with Gasteiger partial charge >= 0.3 is 0 Å². The molecular formula is C11H12Cl2N4. The van der Waals surface area contributed by atoms with Crippen LogP contribution in [-0.4, -0.2) is 21.3 Å². The fourth-order valence-corrected chi connectivity index (χ4v) is 1.90. The van der Waals surface area contributed by atoms with Crippen LogP contribution in [0.3, 0.4) is 0 Å². The normalized spacial score (nSPS) is 10.5. The van der Waals surface area contributed by atoms with Crippen LogP contribution in [0.5, 0.6) is 0 Å². The Balaban J connectivity index is 1.90. The van der Waals surface area contributed by atoms with Crippen LogP contribution in [0, 0.1) is 0 Å². The first-order chi connectivity index (χ1) is 8.15. The minimum absolute atomic E-state index is 0.526. The van der Waals surface area contributed by atoms with Crippen LogP contribution >= 0.6 is 23.2 Å². The zero-order valence-electron chi connectivity index (χ0n) is 9.32. The van der Waals surface area contributed by atoms with E-state index in [0.717, 1.165) is 18.7 Å². The number of nitrogens with zero attached hydrogens (tertiary/aromatic N) is 3. The molecular weight excluding hydrogens is 259 g/mol. The van der Waals surface area contributed by atoms with Crippen LogP contribution in [0.2, 0.25) is 10.0 Å². The highest BCUT2D eigenvalue weighted by Gasteiger charge is 2.02. The van der Waals surface area contributed by atoms with Crippen molar-refractivity contribution in [2.24, 2.45) is 7.05 Å². The third-order valence-corrected chi connectivity index (χ3v) is 2.75. The number of pyridine rings is 1. The van der Waals surface area contributed by atoms with Crippen molar-refractivity contribution in [1.82, 2.24) is 14.8 Å². The molecule has 6 heteroatoms. The van der Waals surface area contributed by atoms with E-state index in [1.165, 1.54) is 0 Å². The van der Waals surface area contributed by atoms with Crippen molar-refractivity contribution in [1.29, 1.82) is 0 Å². The Labute approximate surface area is 110 Å². The molecule has 0 aromatic carbocycles. The molecule has 2 heterocycles. The summed E-state index contributed by atoms with van der Waals surface area (Å²) in [6, 6.07) is 3.65. The molecule has 4 nitrogen and oxygen atoms in total. The Bertz CT molecular complexity index is 510. The Kier molecular flexibility index (Phi) is 3.86. The monoisotopic (exact) mass is 270 g/mol. The van der Waals surface area contributed by atoms with Gasteiger partial charge in [0.25, 0.3) is 0 Å². The molecule has 2 aromatic heterocycles. The molecule has 2 aromatic rings. The van der Waals surface area contributed by atoms with Gasteiger partial charge in [0.1, 0.15) is 5.82 Å².